The Kier molecular flexibility index (Phi) is 14.8. The largest absolute Gasteiger partial charge is 0.326 e. The number of anilines is 2. The van der Waals surface area contributed by atoms with E-state index in [-0.39, 0.29) is 23.8 Å². The minimum Gasteiger partial charge on any atom is -0.326 e. The Morgan fingerprint density at radius 1 is 0.892 bits per heavy atom. The van der Waals surface area contributed by atoms with Crippen molar-refractivity contribution < 1.29 is 19.6 Å². The van der Waals surface area contributed by atoms with Crippen LogP contribution in [-0.4, -0.2) is 29.5 Å². The van der Waals surface area contributed by atoms with Gasteiger partial charge < -0.3 is 16.0 Å². The second kappa shape index (κ2) is 17.3. The Hall–Kier alpha value is -3.23. The van der Waals surface area contributed by atoms with Gasteiger partial charge >= 0.3 is 0 Å². The zero-order chi connectivity index (χ0) is 27.8. The highest BCUT2D eigenvalue weighted by Crippen LogP contribution is 2.36. The van der Waals surface area contributed by atoms with E-state index in [1.165, 1.54) is 0 Å². The van der Waals surface area contributed by atoms with Crippen LogP contribution in [0.1, 0.15) is 91.2 Å². The second-order valence-electron chi connectivity index (χ2n) is 8.41. The first kappa shape index (κ1) is 31.8. The van der Waals surface area contributed by atoms with Gasteiger partial charge in [0.05, 0.1) is 0 Å². The van der Waals surface area contributed by atoms with Crippen molar-refractivity contribution in [2.24, 2.45) is 5.73 Å². The first-order chi connectivity index (χ1) is 17.9. The van der Waals surface area contributed by atoms with Crippen molar-refractivity contribution in [2.45, 2.75) is 85.6 Å². The fourth-order valence-electron chi connectivity index (χ4n) is 4.10. The van der Waals surface area contributed by atoms with Crippen LogP contribution < -0.4 is 21.4 Å². The molecule has 0 aliphatic carbocycles. The van der Waals surface area contributed by atoms with E-state index in [0.717, 1.165) is 53.7 Å². The first-order valence-corrected chi connectivity index (χ1v) is 13.4. The number of carbonyl (C=O) groups is 3. The van der Waals surface area contributed by atoms with Gasteiger partial charge in [0.1, 0.15) is 0 Å². The zero-order valence-corrected chi connectivity index (χ0v) is 23.0. The minimum absolute atomic E-state index is 0.0186. The number of benzene rings is 2. The fraction of sp³-hybridized carbons (Fsp3) is 0.483. The highest BCUT2D eigenvalue weighted by Gasteiger charge is 2.25. The minimum atomic E-state index is -0.382. The average Bonchev–Trinajstić information content (AvgIpc) is 2.93. The van der Waals surface area contributed by atoms with Crippen LogP contribution >= 0.6 is 0 Å². The summed E-state index contributed by atoms with van der Waals surface area (Å²) in [5.74, 6) is -0.405. The third-order valence-corrected chi connectivity index (χ3v) is 5.95. The molecule has 1 aliphatic rings. The van der Waals surface area contributed by atoms with Gasteiger partial charge in [-0.2, -0.15) is 0 Å². The summed E-state index contributed by atoms with van der Waals surface area (Å²) in [7, 11) is 0. The normalized spacial score (nSPS) is 13.7. The van der Waals surface area contributed by atoms with Crippen molar-refractivity contribution in [2.75, 3.05) is 16.8 Å². The lowest BCUT2D eigenvalue weighted by molar-refractivity contribution is -0.129. The lowest BCUT2D eigenvalue weighted by Gasteiger charge is -2.32. The smallest absolute Gasteiger partial charge is 0.243 e. The quantitative estimate of drug-likeness (QED) is 0.188. The van der Waals surface area contributed by atoms with Gasteiger partial charge in [-0.15, -0.1) is 0 Å². The maximum atomic E-state index is 12.2. The van der Waals surface area contributed by atoms with E-state index in [4.69, 9.17) is 10.9 Å². The van der Waals surface area contributed by atoms with Crippen molar-refractivity contribution in [1.29, 1.82) is 0 Å². The predicted octanol–water partition coefficient (Wildman–Crippen LogP) is 5.95. The van der Waals surface area contributed by atoms with E-state index in [1.54, 1.807) is 17.3 Å². The third kappa shape index (κ3) is 9.98. The van der Waals surface area contributed by atoms with Crippen LogP contribution in [0, 0.1) is 0 Å². The van der Waals surface area contributed by atoms with Crippen LogP contribution in [0.4, 0.5) is 11.4 Å². The van der Waals surface area contributed by atoms with Gasteiger partial charge in [-0.3, -0.25) is 19.6 Å². The molecule has 204 valence electrons. The molecule has 1 heterocycles. The Morgan fingerprint density at radius 2 is 1.46 bits per heavy atom. The van der Waals surface area contributed by atoms with E-state index in [9.17, 15) is 14.4 Å². The predicted molar refractivity (Wildman–Crippen MR) is 150 cm³/mol. The number of nitrogens with zero attached hydrogens (tertiary/aromatic N) is 1. The molecule has 0 saturated heterocycles. The standard InChI is InChI=1S/C25H32N4O4.2C2H6/c1-17(30)29-15-14-22(26)21-16-19(10-13-23(21)29)18-8-11-20(12-9-18)27-24(31)6-4-2-3-5-7-25(32)28-33;2*1-2/h8-13,16,22,33H,2-7,14-15,26H2,1H3,(H,27,31)(H,28,32);2*1-2H3. The molecule has 0 radical (unpaired) electrons. The fourth-order valence-corrected chi connectivity index (χ4v) is 4.10. The molecule has 8 nitrogen and oxygen atoms in total. The summed E-state index contributed by atoms with van der Waals surface area (Å²) in [4.78, 5) is 36.8. The van der Waals surface area contributed by atoms with Crippen molar-refractivity contribution in [3.05, 3.63) is 48.0 Å². The maximum Gasteiger partial charge on any atom is 0.243 e. The van der Waals surface area contributed by atoms with E-state index >= 15 is 0 Å². The number of amides is 3. The van der Waals surface area contributed by atoms with Gasteiger partial charge in [0.2, 0.25) is 17.7 Å². The topological polar surface area (TPSA) is 125 Å². The van der Waals surface area contributed by atoms with E-state index in [1.807, 2.05) is 70.2 Å². The Labute approximate surface area is 221 Å². The average molecular weight is 513 g/mol. The van der Waals surface area contributed by atoms with Crippen LogP contribution in [0.3, 0.4) is 0 Å². The van der Waals surface area contributed by atoms with Crippen molar-refractivity contribution in [3.8, 4) is 11.1 Å². The number of nitrogens with one attached hydrogen (secondary N) is 2. The number of carbonyl (C=O) groups excluding carboxylic acids is 3. The Bertz CT molecular complexity index is 992. The number of nitrogens with two attached hydrogens (primary N) is 1. The number of unbranched alkanes of at least 4 members (excludes halogenated alkanes) is 3. The molecule has 1 unspecified atom stereocenters. The molecule has 0 bridgehead atoms. The molecule has 0 saturated carbocycles. The van der Waals surface area contributed by atoms with Gasteiger partial charge in [-0.05, 0) is 60.2 Å². The monoisotopic (exact) mass is 512 g/mol. The highest BCUT2D eigenvalue weighted by molar-refractivity contribution is 5.94. The lowest BCUT2D eigenvalue weighted by atomic mass is 9.93. The van der Waals surface area contributed by atoms with E-state index < -0.39 is 0 Å². The summed E-state index contributed by atoms with van der Waals surface area (Å²) < 4.78 is 0. The van der Waals surface area contributed by atoms with Crippen molar-refractivity contribution >= 4 is 29.1 Å². The number of hydrogen-bond acceptors (Lipinski definition) is 5. The maximum absolute atomic E-state index is 12.2. The molecule has 1 atom stereocenters. The molecule has 3 amide bonds. The summed E-state index contributed by atoms with van der Waals surface area (Å²) in [6, 6.07) is 13.6. The summed E-state index contributed by atoms with van der Waals surface area (Å²) in [5, 5.41) is 11.4. The molecule has 8 heteroatoms. The lowest BCUT2D eigenvalue weighted by Crippen LogP contribution is -2.36. The van der Waals surface area contributed by atoms with Gasteiger partial charge in [0, 0.05) is 43.7 Å². The molecule has 0 fully saturated rings. The summed E-state index contributed by atoms with van der Waals surface area (Å²) in [6.45, 7) is 10.2. The second-order valence-corrected chi connectivity index (χ2v) is 8.41. The van der Waals surface area contributed by atoms with E-state index in [2.05, 4.69) is 5.32 Å². The van der Waals surface area contributed by atoms with Crippen molar-refractivity contribution in [3.63, 3.8) is 0 Å². The Balaban J connectivity index is 0.00000163. The molecule has 5 N–H and O–H groups in total. The summed E-state index contributed by atoms with van der Waals surface area (Å²) in [5.41, 5.74) is 12.5. The van der Waals surface area contributed by atoms with Crippen LogP contribution in [0.5, 0.6) is 0 Å². The third-order valence-electron chi connectivity index (χ3n) is 5.95. The summed E-state index contributed by atoms with van der Waals surface area (Å²) in [6.07, 6.45) is 4.58. The van der Waals surface area contributed by atoms with Gasteiger partial charge in [0.15, 0.2) is 0 Å². The molecule has 2 aromatic carbocycles. The van der Waals surface area contributed by atoms with Crippen LogP contribution in [0.2, 0.25) is 0 Å². The van der Waals surface area contributed by atoms with Crippen LogP contribution in [0.25, 0.3) is 11.1 Å². The van der Waals surface area contributed by atoms with Gasteiger partial charge in [-0.1, -0.05) is 58.7 Å². The molecule has 1 aliphatic heterocycles. The van der Waals surface area contributed by atoms with Gasteiger partial charge in [0.25, 0.3) is 0 Å². The summed E-state index contributed by atoms with van der Waals surface area (Å²) >= 11 is 0. The molecule has 2 aromatic rings. The highest BCUT2D eigenvalue weighted by atomic mass is 16.5. The molecule has 0 spiro atoms. The van der Waals surface area contributed by atoms with E-state index in [0.29, 0.717) is 25.8 Å². The number of hydroxylamine groups is 1. The zero-order valence-electron chi connectivity index (χ0n) is 23.0. The number of fused-ring (bicyclic) bond motifs is 1. The molecular formula is C29H44N4O4. The molecule has 0 aromatic heterocycles. The number of hydrogen-bond donors (Lipinski definition) is 4. The SMILES string of the molecule is CC.CC.CC(=O)N1CCC(N)c2cc(-c3ccc(NC(=O)CCCCCCC(=O)NO)cc3)ccc21. The molecule has 3 rings (SSSR count). The van der Waals surface area contributed by atoms with Crippen molar-refractivity contribution in [1.82, 2.24) is 5.48 Å². The molecule has 37 heavy (non-hydrogen) atoms. The van der Waals surface area contributed by atoms with Gasteiger partial charge in [-0.25, -0.2) is 5.48 Å². The Morgan fingerprint density at radius 3 is 2.03 bits per heavy atom. The van der Waals surface area contributed by atoms with Crippen LogP contribution in [-0.2, 0) is 14.4 Å². The first-order valence-electron chi connectivity index (χ1n) is 13.4. The number of rotatable bonds is 9. The molecular weight excluding hydrogens is 468 g/mol. The van der Waals surface area contributed by atoms with Crippen LogP contribution in [0.15, 0.2) is 42.5 Å².